The zero-order valence-corrected chi connectivity index (χ0v) is 16.8. The number of pyridine rings is 1. The molecule has 0 amide bonds. The van der Waals surface area contributed by atoms with Gasteiger partial charge >= 0.3 is 18.3 Å². The van der Waals surface area contributed by atoms with E-state index in [-0.39, 0.29) is 5.88 Å². The fourth-order valence-electron chi connectivity index (χ4n) is 2.83. The summed E-state index contributed by atoms with van der Waals surface area (Å²) in [7, 11) is 0. The van der Waals surface area contributed by atoms with Crippen LogP contribution in [-0.4, -0.2) is 35.3 Å². The number of carboxylic acids is 1. The summed E-state index contributed by atoms with van der Waals surface area (Å²) in [5.41, 5.74) is 2.91. The molecule has 32 heavy (non-hydrogen) atoms. The summed E-state index contributed by atoms with van der Waals surface area (Å²) in [5, 5.41) is 10.5. The minimum atomic E-state index is -5.08. The maximum absolute atomic E-state index is 12.6. The molecule has 2 aromatic rings. The second kappa shape index (κ2) is 10.5. The van der Waals surface area contributed by atoms with Gasteiger partial charge in [-0.1, -0.05) is 17.7 Å². The highest BCUT2D eigenvalue weighted by Crippen LogP contribution is 2.31. The smallest absolute Gasteiger partial charge is 0.475 e. The summed E-state index contributed by atoms with van der Waals surface area (Å²) in [5.74, 6) is -2.07. The van der Waals surface area contributed by atoms with E-state index in [0.29, 0.717) is 5.75 Å². The number of benzene rings is 1. The molecule has 11 heteroatoms. The number of nitrogens with zero attached hydrogens (tertiary/aromatic N) is 1. The molecule has 1 aliphatic heterocycles. The van der Waals surface area contributed by atoms with Crippen molar-refractivity contribution in [3.05, 3.63) is 59.3 Å². The largest absolute Gasteiger partial charge is 0.490 e. The SMILES string of the molecule is CC(=C1CCNCC1)c1cccc(Oc2ccc(C(F)(F)F)cn2)c1.O=C(O)C(F)(F)F. The summed E-state index contributed by atoms with van der Waals surface area (Å²) >= 11 is 0. The van der Waals surface area contributed by atoms with Crippen LogP contribution in [-0.2, 0) is 11.0 Å². The van der Waals surface area contributed by atoms with Gasteiger partial charge in [0.15, 0.2) is 0 Å². The van der Waals surface area contributed by atoms with Gasteiger partial charge < -0.3 is 15.2 Å². The summed E-state index contributed by atoms with van der Waals surface area (Å²) < 4.78 is 75.1. The molecule has 2 heterocycles. The lowest BCUT2D eigenvalue weighted by atomic mass is 9.95. The number of piperidine rings is 1. The lowest BCUT2D eigenvalue weighted by Crippen LogP contribution is -2.23. The predicted octanol–water partition coefficient (Wildman–Crippen LogP) is 5.68. The van der Waals surface area contributed by atoms with Crippen LogP contribution in [0.1, 0.15) is 30.9 Å². The third-order valence-corrected chi connectivity index (χ3v) is 4.53. The Morgan fingerprint density at radius 1 is 1.06 bits per heavy atom. The molecular weight excluding hydrogens is 442 g/mol. The van der Waals surface area contributed by atoms with Crippen LogP contribution in [0.4, 0.5) is 26.3 Å². The fourth-order valence-corrected chi connectivity index (χ4v) is 2.83. The van der Waals surface area contributed by atoms with Gasteiger partial charge in [0.1, 0.15) is 5.75 Å². The second-order valence-corrected chi connectivity index (χ2v) is 6.79. The molecule has 0 unspecified atom stereocenters. The van der Waals surface area contributed by atoms with E-state index in [4.69, 9.17) is 14.6 Å². The van der Waals surface area contributed by atoms with Crippen molar-refractivity contribution < 1.29 is 41.0 Å². The second-order valence-electron chi connectivity index (χ2n) is 6.79. The van der Waals surface area contributed by atoms with Crippen molar-refractivity contribution >= 4 is 11.5 Å². The third-order valence-electron chi connectivity index (χ3n) is 4.53. The van der Waals surface area contributed by atoms with E-state index in [0.717, 1.165) is 43.8 Å². The molecule has 1 saturated heterocycles. The van der Waals surface area contributed by atoms with Crippen LogP contribution in [0.2, 0.25) is 0 Å². The normalized spacial score (nSPS) is 14.3. The first-order chi connectivity index (χ1) is 14.9. The zero-order valence-electron chi connectivity index (χ0n) is 16.8. The van der Waals surface area contributed by atoms with E-state index >= 15 is 0 Å². The van der Waals surface area contributed by atoms with E-state index in [1.165, 1.54) is 17.2 Å². The topological polar surface area (TPSA) is 71.5 Å². The molecule has 1 aromatic heterocycles. The van der Waals surface area contributed by atoms with Crippen LogP contribution in [0.3, 0.4) is 0 Å². The Hall–Kier alpha value is -3.08. The standard InChI is InChI=1S/C19H19F3N2O.C2HF3O2/c1-13(14-7-9-23-10-8-14)15-3-2-4-17(11-15)25-18-6-5-16(12-24-18)19(20,21)22;3-2(4,5)1(6)7/h2-6,11-12,23H,7-10H2,1H3;(H,6,7). The quantitative estimate of drug-likeness (QED) is 0.574. The number of halogens is 6. The minimum Gasteiger partial charge on any atom is -0.475 e. The van der Waals surface area contributed by atoms with E-state index in [1.807, 2.05) is 18.2 Å². The molecule has 0 aliphatic carbocycles. The Kier molecular flexibility index (Phi) is 8.25. The van der Waals surface area contributed by atoms with Gasteiger partial charge in [-0.05, 0) is 62.2 Å². The van der Waals surface area contributed by atoms with Gasteiger partial charge in [0.25, 0.3) is 0 Å². The zero-order chi connectivity index (χ0) is 23.9. The number of rotatable bonds is 3. The molecule has 0 radical (unpaired) electrons. The number of nitrogens with one attached hydrogen (secondary N) is 1. The maximum atomic E-state index is 12.6. The summed E-state index contributed by atoms with van der Waals surface area (Å²) in [6.45, 7) is 4.06. The molecule has 3 rings (SSSR count). The molecule has 0 bridgehead atoms. The highest BCUT2D eigenvalue weighted by atomic mass is 19.4. The summed E-state index contributed by atoms with van der Waals surface area (Å²) in [4.78, 5) is 12.6. The first kappa shape index (κ1) is 25.2. The molecule has 1 aliphatic rings. The van der Waals surface area contributed by atoms with Crippen LogP contribution in [0.5, 0.6) is 11.6 Å². The Balaban J connectivity index is 0.000000451. The number of carbonyl (C=O) groups is 1. The predicted molar refractivity (Wildman–Crippen MR) is 104 cm³/mol. The van der Waals surface area contributed by atoms with Crippen LogP contribution in [0.25, 0.3) is 5.57 Å². The maximum Gasteiger partial charge on any atom is 0.490 e. The van der Waals surface area contributed by atoms with Crippen LogP contribution in [0.15, 0.2) is 48.2 Å². The van der Waals surface area contributed by atoms with E-state index < -0.39 is 23.9 Å². The molecule has 0 atom stereocenters. The highest BCUT2D eigenvalue weighted by Gasteiger charge is 2.38. The van der Waals surface area contributed by atoms with E-state index in [2.05, 4.69) is 17.2 Å². The number of allylic oxidation sites excluding steroid dienone is 1. The summed E-state index contributed by atoms with van der Waals surface area (Å²) in [6, 6.07) is 9.74. The van der Waals surface area contributed by atoms with Crippen molar-refractivity contribution in [3.8, 4) is 11.6 Å². The molecule has 0 spiro atoms. The first-order valence-electron chi connectivity index (χ1n) is 9.39. The van der Waals surface area contributed by atoms with Crippen molar-refractivity contribution in [3.63, 3.8) is 0 Å². The third kappa shape index (κ3) is 7.56. The Morgan fingerprint density at radius 2 is 1.69 bits per heavy atom. The molecule has 1 fully saturated rings. The Labute approximate surface area is 179 Å². The number of hydrogen-bond donors (Lipinski definition) is 2. The van der Waals surface area contributed by atoms with Crippen molar-refractivity contribution in [2.75, 3.05) is 13.1 Å². The number of ether oxygens (including phenoxy) is 1. The molecular formula is C21H20F6N2O3. The number of hydrogen-bond acceptors (Lipinski definition) is 4. The van der Waals surface area contributed by atoms with Crippen LogP contribution in [0, 0.1) is 0 Å². The van der Waals surface area contributed by atoms with Gasteiger partial charge in [0, 0.05) is 12.3 Å². The Morgan fingerprint density at radius 3 is 2.19 bits per heavy atom. The average Bonchev–Trinajstić information content (AvgIpc) is 2.73. The van der Waals surface area contributed by atoms with Gasteiger partial charge in [-0.3, -0.25) is 0 Å². The van der Waals surface area contributed by atoms with Crippen molar-refractivity contribution in [1.82, 2.24) is 10.3 Å². The van der Waals surface area contributed by atoms with Crippen LogP contribution >= 0.6 is 0 Å². The average molecular weight is 462 g/mol. The number of carboxylic acid groups (broad SMARTS) is 1. The molecule has 1 aromatic carbocycles. The minimum absolute atomic E-state index is 0.136. The monoisotopic (exact) mass is 462 g/mol. The van der Waals surface area contributed by atoms with Crippen molar-refractivity contribution in [1.29, 1.82) is 0 Å². The molecule has 2 N–H and O–H groups in total. The van der Waals surface area contributed by atoms with Gasteiger partial charge in [-0.25, -0.2) is 9.78 Å². The van der Waals surface area contributed by atoms with Gasteiger partial charge in [0.05, 0.1) is 5.56 Å². The number of alkyl halides is 6. The lowest BCUT2D eigenvalue weighted by molar-refractivity contribution is -0.192. The molecule has 174 valence electrons. The van der Waals surface area contributed by atoms with Gasteiger partial charge in [0.2, 0.25) is 5.88 Å². The highest BCUT2D eigenvalue weighted by molar-refractivity contribution is 5.73. The fraction of sp³-hybridized carbons (Fsp3) is 0.333. The van der Waals surface area contributed by atoms with E-state index in [1.54, 1.807) is 6.07 Å². The number of aliphatic carboxylic acids is 1. The van der Waals surface area contributed by atoms with Crippen molar-refractivity contribution in [2.45, 2.75) is 32.1 Å². The molecule has 5 nitrogen and oxygen atoms in total. The molecule has 0 saturated carbocycles. The first-order valence-corrected chi connectivity index (χ1v) is 9.39. The van der Waals surface area contributed by atoms with Gasteiger partial charge in [-0.15, -0.1) is 0 Å². The van der Waals surface area contributed by atoms with Crippen LogP contribution < -0.4 is 10.1 Å². The Bertz CT molecular complexity index is 945. The van der Waals surface area contributed by atoms with E-state index in [9.17, 15) is 26.3 Å². The van der Waals surface area contributed by atoms with Gasteiger partial charge in [-0.2, -0.15) is 26.3 Å². The summed E-state index contributed by atoms with van der Waals surface area (Å²) in [6.07, 6.45) is -6.65. The van der Waals surface area contributed by atoms with Crippen molar-refractivity contribution in [2.24, 2.45) is 0 Å². The lowest BCUT2D eigenvalue weighted by Gasteiger charge is -2.19. The number of aromatic nitrogens is 1.